The topological polar surface area (TPSA) is 89.3 Å². The first-order valence-corrected chi connectivity index (χ1v) is 11.6. The summed E-state index contributed by atoms with van der Waals surface area (Å²) in [5.74, 6) is -0.502. The third kappa shape index (κ3) is 6.13. The van der Waals surface area contributed by atoms with Crippen LogP contribution in [0.5, 0.6) is 0 Å². The molecular formula is C20H17BrN2O3S2. The van der Waals surface area contributed by atoms with Gasteiger partial charge in [0.25, 0.3) is 0 Å². The summed E-state index contributed by atoms with van der Waals surface area (Å²) in [4.78, 5) is 14.2. The van der Waals surface area contributed by atoms with Crippen LogP contribution in [0, 0.1) is 0 Å². The largest absolute Gasteiger partial charge is 0.323 e. The number of amides is 1. The van der Waals surface area contributed by atoms with Gasteiger partial charge in [0.1, 0.15) is 0 Å². The lowest BCUT2D eigenvalue weighted by Gasteiger charge is -2.04. The minimum Gasteiger partial charge on any atom is -0.323 e. The predicted molar refractivity (Wildman–Crippen MR) is 118 cm³/mol. The Morgan fingerprint density at radius 2 is 1.71 bits per heavy atom. The van der Waals surface area contributed by atoms with Crippen molar-refractivity contribution in [1.29, 1.82) is 0 Å². The number of rotatable bonds is 6. The van der Waals surface area contributed by atoms with Crippen LogP contribution in [0.3, 0.4) is 0 Å². The molecule has 0 aliphatic heterocycles. The summed E-state index contributed by atoms with van der Waals surface area (Å²) in [6, 6.07) is 18.6. The van der Waals surface area contributed by atoms with Gasteiger partial charge in [-0.05, 0) is 53.6 Å². The number of thiophene rings is 1. The van der Waals surface area contributed by atoms with E-state index in [1.165, 1.54) is 6.08 Å². The average molecular weight is 477 g/mol. The maximum absolute atomic E-state index is 12.1. The maximum Gasteiger partial charge on any atom is 0.248 e. The number of primary sulfonamides is 1. The Morgan fingerprint density at radius 1 is 1.04 bits per heavy atom. The number of carbonyl (C=O) groups excluding carboxylic acids is 1. The molecular weight excluding hydrogens is 460 g/mol. The second-order valence-corrected chi connectivity index (χ2v) is 9.68. The molecule has 0 fully saturated rings. The van der Waals surface area contributed by atoms with Crippen LogP contribution in [-0.2, 0) is 20.6 Å². The van der Waals surface area contributed by atoms with Gasteiger partial charge in [0.05, 0.1) is 5.75 Å². The third-order valence-electron chi connectivity index (χ3n) is 3.74. The molecule has 3 N–H and O–H groups in total. The average Bonchev–Trinajstić information content (AvgIpc) is 3.10. The molecule has 8 heteroatoms. The molecule has 3 aromatic rings. The van der Waals surface area contributed by atoms with Crippen molar-refractivity contribution in [3.8, 4) is 10.4 Å². The molecule has 0 saturated carbocycles. The molecule has 1 aromatic heterocycles. The van der Waals surface area contributed by atoms with Crippen LogP contribution < -0.4 is 10.5 Å². The molecule has 28 heavy (non-hydrogen) atoms. The molecule has 1 amide bonds. The smallest absolute Gasteiger partial charge is 0.248 e. The minimum atomic E-state index is -3.57. The molecule has 0 aliphatic carbocycles. The number of carbonyl (C=O) groups is 1. The highest BCUT2D eigenvalue weighted by atomic mass is 79.9. The van der Waals surface area contributed by atoms with E-state index in [0.29, 0.717) is 11.3 Å². The highest BCUT2D eigenvalue weighted by molar-refractivity contribution is 9.10. The summed E-state index contributed by atoms with van der Waals surface area (Å²) in [6.45, 7) is 0. The van der Waals surface area contributed by atoms with Crippen LogP contribution in [0.25, 0.3) is 16.5 Å². The second-order valence-electron chi connectivity index (χ2n) is 6.04. The lowest BCUT2D eigenvalue weighted by Crippen LogP contribution is -2.14. The normalized spacial score (nSPS) is 11.6. The van der Waals surface area contributed by atoms with Gasteiger partial charge in [0.15, 0.2) is 0 Å². The van der Waals surface area contributed by atoms with Gasteiger partial charge in [-0.25, -0.2) is 13.6 Å². The number of hydrogen-bond acceptors (Lipinski definition) is 4. The van der Waals surface area contributed by atoms with E-state index in [1.54, 1.807) is 41.7 Å². The van der Waals surface area contributed by atoms with Gasteiger partial charge in [-0.3, -0.25) is 4.79 Å². The predicted octanol–water partition coefficient (Wildman–Crippen LogP) is 4.62. The minimum absolute atomic E-state index is 0.236. The number of benzene rings is 2. The van der Waals surface area contributed by atoms with Crippen molar-refractivity contribution in [2.75, 3.05) is 5.32 Å². The van der Waals surface area contributed by atoms with Crippen molar-refractivity contribution in [1.82, 2.24) is 0 Å². The molecule has 0 spiro atoms. The summed E-state index contributed by atoms with van der Waals surface area (Å²) in [7, 11) is -3.57. The monoisotopic (exact) mass is 476 g/mol. The van der Waals surface area contributed by atoms with E-state index in [0.717, 1.165) is 19.8 Å². The summed E-state index contributed by atoms with van der Waals surface area (Å²) in [6.07, 6.45) is 3.23. The van der Waals surface area contributed by atoms with E-state index in [1.807, 2.05) is 36.4 Å². The molecule has 0 aliphatic rings. The summed E-state index contributed by atoms with van der Waals surface area (Å²) < 4.78 is 23.2. The van der Waals surface area contributed by atoms with Crippen LogP contribution in [-0.4, -0.2) is 14.3 Å². The van der Waals surface area contributed by atoms with Crippen LogP contribution in [0.1, 0.15) is 10.4 Å². The third-order valence-corrected chi connectivity index (χ3v) is 6.11. The number of halogens is 1. The Hall–Kier alpha value is -2.26. The fourth-order valence-corrected chi connectivity index (χ4v) is 4.31. The van der Waals surface area contributed by atoms with Crippen molar-refractivity contribution in [2.45, 2.75) is 5.75 Å². The van der Waals surface area contributed by atoms with Crippen molar-refractivity contribution < 1.29 is 13.2 Å². The maximum atomic E-state index is 12.1. The summed E-state index contributed by atoms with van der Waals surface area (Å²) in [5, 5.41) is 7.76. The van der Waals surface area contributed by atoms with Crippen molar-refractivity contribution in [3.05, 3.63) is 81.7 Å². The molecule has 0 unspecified atom stereocenters. The summed E-state index contributed by atoms with van der Waals surface area (Å²) >= 11 is 5.02. The molecule has 2 aromatic carbocycles. The second kappa shape index (κ2) is 8.83. The Morgan fingerprint density at radius 3 is 2.36 bits per heavy atom. The first kappa shape index (κ1) is 20.5. The van der Waals surface area contributed by atoms with Gasteiger partial charge < -0.3 is 5.32 Å². The standard InChI is InChI=1S/C20H17BrN2O3S2/c21-16-5-3-15(4-6-16)19-11-9-18(27-19)10-12-20(24)23-17-7-1-14(2-8-17)13-28(22,25)26/h1-12H,13H2,(H,23,24)(H2,22,25,26)/b12-10+. The lowest BCUT2D eigenvalue weighted by molar-refractivity contribution is -0.111. The fourth-order valence-electron chi connectivity index (χ4n) is 2.47. The Labute approximate surface area is 176 Å². The first-order chi connectivity index (χ1) is 13.3. The van der Waals surface area contributed by atoms with Crippen LogP contribution >= 0.6 is 27.3 Å². The molecule has 0 radical (unpaired) electrons. The Bertz CT molecular complexity index is 1100. The molecule has 3 rings (SSSR count). The van der Waals surface area contributed by atoms with Crippen molar-refractivity contribution in [3.63, 3.8) is 0 Å². The number of anilines is 1. The Kier molecular flexibility index (Phi) is 6.46. The molecule has 5 nitrogen and oxygen atoms in total. The molecule has 1 heterocycles. The molecule has 144 valence electrons. The zero-order chi connectivity index (χ0) is 20.1. The van der Waals surface area contributed by atoms with Crippen molar-refractivity contribution >= 4 is 55.0 Å². The fraction of sp³-hybridized carbons (Fsp3) is 0.0500. The van der Waals surface area contributed by atoms with Gasteiger partial charge in [0, 0.05) is 26.0 Å². The van der Waals surface area contributed by atoms with E-state index >= 15 is 0 Å². The zero-order valence-electron chi connectivity index (χ0n) is 14.6. The van der Waals surface area contributed by atoms with Crippen LogP contribution in [0.2, 0.25) is 0 Å². The highest BCUT2D eigenvalue weighted by Crippen LogP contribution is 2.29. The number of hydrogen-bond donors (Lipinski definition) is 2. The number of sulfonamides is 1. The first-order valence-electron chi connectivity index (χ1n) is 8.23. The Balaban J connectivity index is 1.60. The van der Waals surface area contributed by atoms with Crippen molar-refractivity contribution in [2.24, 2.45) is 5.14 Å². The van der Waals surface area contributed by atoms with E-state index in [9.17, 15) is 13.2 Å². The highest BCUT2D eigenvalue weighted by Gasteiger charge is 2.06. The number of nitrogens with one attached hydrogen (secondary N) is 1. The van der Waals surface area contributed by atoms with E-state index in [4.69, 9.17) is 5.14 Å². The van der Waals surface area contributed by atoms with Gasteiger partial charge in [0.2, 0.25) is 15.9 Å². The SMILES string of the molecule is NS(=O)(=O)Cc1ccc(NC(=O)/C=C/c2ccc(-c3ccc(Br)cc3)s2)cc1. The molecule has 0 bridgehead atoms. The van der Waals surface area contributed by atoms with Crippen LogP contribution in [0.15, 0.2) is 71.2 Å². The lowest BCUT2D eigenvalue weighted by atomic mass is 10.2. The van der Waals surface area contributed by atoms with Gasteiger partial charge in [-0.15, -0.1) is 11.3 Å². The van der Waals surface area contributed by atoms with E-state index < -0.39 is 10.0 Å². The van der Waals surface area contributed by atoms with E-state index in [-0.39, 0.29) is 11.7 Å². The molecule has 0 saturated heterocycles. The summed E-state index contributed by atoms with van der Waals surface area (Å²) in [5.41, 5.74) is 2.27. The van der Waals surface area contributed by atoms with Gasteiger partial charge >= 0.3 is 0 Å². The zero-order valence-corrected chi connectivity index (χ0v) is 17.9. The quantitative estimate of drug-likeness (QED) is 0.508. The van der Waals surface area contributed by atoms with Gasteiger partial charge in [-0.1, -0.05) is 40.2 Å². The molecule has 0 atom stereocenters. The van der Waals surface area contributed by atoms with Gasteiger partial charge in [-0.2, -0.15) is 0 Å². The number of nitrogens with two attached hydrogens (primary N) is 1. The van der Waals surface area contributed by atoms with Crippen LogP contribution in [0.4, 0.5) is 5.69 Å². The van der Waals surface area contributed by atoms with E-state index in [2.05, 4.69) is 21.2 Å².